The second-order valence-electron chi connectivity index (χ2n) is 4.31. The first-order chi connectivity index (χ1) is 7.70. The van der Waals surface area contributed by atoms with Gasteiger partial charge in [0.25, 0.3) is 0 Å². The molecule has 0 aromatic rings. The second-order valence-corrected chi connectivity index (χ2v) is 4.31. The maximum Gasteiger partial charge on any atom is 0.0701 e. The molecule has 0 saturated heterocycles. The van der Waals surface area contributed by atoms with Crippen LogP contribution >= 0.6 is 0 Å². The van der Waals surface area contributed by atoms with Crippen molar-refractivity contribution < 1.29 is 14.6 Å². The predicted octanol–water partition coefficient (Wildman–Crippen LogP) is 1.04. The Bertz CT molecular complexity index is 136. The highest BCUT2D eigenvalue weighted by Gasteiger charge is 2.05. The maximum absolute atomic E-state index is 8.84. The summed E-state index contributed by atoms with van der Waals surface area (Å²) in [5, 5.41) is 12.1. The molecule has 4 nitrogen and oxygen atoms in total. The van der Waals surface area contributed by atoms with Crippen molar-refractivity contribution in [3.63, 3.8) is 0 Å². The zero-order valence-electron chi connectivity index (χ0n) is 10.9. The highest BCUT2D eigenvalue weighted by atomic mass is 16.5. The summed E-state index contributed by atoms with van der Waals surface area (Å²) < 4.78 is 10.9. The normalized spacial score (nSPS) is 13.3. The molecule has 0 aliphatic carbocycles. The lowest BCUT2D eigenvalue weighted by Gasteiger charge is -2.16. The van der Waals surface area contributed by atoms with Crippen molar-refractivity contribution in [2.75, 3.05) is 39.6 Å². The fraction of sp³-hybridized carbons (Fsp3) is 1.00. The van der Waals surface area contributed by atoms with Gasteiger partial charge >= 0.3 is 0 Å². The van der Waals surface area contributed by atoms with Crippen LogP contribution in [0.5, 0.6) is 0 Å². The van der Waals surface area contributed by atoms with Gasteiger partial charge in [-0.15, -0.1) is 0 Å². The number of ether oxygens (including phenoxy) is 2. The van der Waals surface area contributed by atoms with Crippen LogP contribution in [0, 0.1) is 5.92 Å². The Hall–Kier alpha value is -0.160. The van der Waals surface area contributed by atoms with E-state index in [2.05, 4.69) is 26.1 Å². The summed E-state index contributed by atoms with van der Waals surface area (Å²) in [6.07, 6.45) is 0.737. The van der Waals surface area contributed by atoms with Crippen LogP contribution in [0.15, 0.2) is 0 Å². The summed E-state index contributed by atoms with van der Waals surface area (Å²) in [5.41, 5.74) is 0. The van der Waals surface area contributed by atoms with Gasteiger partial charge in [0.05, 0.1) is 19.8 Å². The topological polar surface area (TPSA) is 50.7 Å². The average molecular weight is 233 g/mol. The molecule has 4 heteroatoms. The lowest BCUT2D eigenvalue weighted by Crippen LogP contribution is -2.34. The fourth-order valence-electron chi connectivity index (χ4n) is 1.35. The number of hydrogen-bond acceptors (Lipinski definition) is 4. The van der Waals surface area contributed by atoms with E-state index in [1.807, 2.05) is 0 Å². The molecular formula is C12H27NO3. The van der Waals surface area contributed by atoms with Crippen LogP contribution in [-0.2, 0) is 9.47 Å². The number of aliphatic hydroxyl groups is 1. The Morgan fingerprint density at radius 1 is 1.12 bits per heavy atom. The van der Waals surface area contributed by atoms with E-state index >= 15 is 0 Å². The molecule has 0 aromatic carbocycles. The first-order valence-corrected chi connectivity index (χ1v) is 6.20. The van der Waals surface area contributed by atoms with Gasteiger partial charge in [-0.2, -0.15) is 0 Å². The lowest BCUT2D eigenvalue weighted by molar-refractivity contribution is 0.0283. The van der Waals surface area contributed by atoms with Gasteiger partial charge in [-0.1, -0.05) is 20.8 Å². The van der Waals surface area contributed by atoms with Gasteiger partial charge in [0, 0.05) is 19.3 Å². The summed E-state index contributed by atoms with van der Waals surface area (Å²) >= 11 is 0. The smallest absolute Gasteiger partial charge is 0.0701 e. The largest absolute Gasteiger partial charge is 0.396 e. The molecule has 0 amide bonds. The van der Waals surface area contributed by atoms with Crippen LogP contribution in [0.1, 0.15) is 27.2 Å². The number of rotatable bonds is 11. The van der Waals surface area contributed by atoms with Crippen molar-refractivity contribution in [3.8, 4) is 0 Å². The number of nitrogens with one attached hydrogen (secondary N) is 1. The van der Waals surface area contributed by atoms with Crippen LogP contribution in [0.3, 0.4) is 0 Å². The molecule has 0 aliphatic heterocycles. The summed E-state index contributed by atoms with van der Waals surface area (Å²) in [4.78, 5) is 0. The third-order valence-electron chi connectivity index (χ3n) is 2.11. The quantitative estimate of drug-likeness (QED) is 0.524. The summed E-state index contributed by atoms with van der Waals surface area (Å²) in [6, 6.07) is 0.250. The fourth-order valence-corrected chi connectivity index (χ4v) is 1.35. The molecule has 0 radical (unpaired) electrons. The monoisotopic (exact) mass is 233 g/mol. The Balaban J connectivity index is 3.32. The van der Waals surface area contributed by atoms with Crippen molar-refractivity contribution in [3.05, 3.63) is 0 Å². The van der Waals surface area contributed by atoms with Crippen molar-refractivity contribution >= 4 is 0 Å². The van der Waals surface area contributed by atoms with E-state index in [0.29, 0.717) is 25.7 Å². The second kappa shape index (κ2) is 11.3. The molecule has 0 heterocycles. The predicted molar refractivity (Wildman–Crippen MR) is 65.6 cm³/mol. The SMILES string of the molecule is CCNC(CCO)COCCOCC(C)C. The standard InChI is InChI=1S/C12H27NO3/c1-4-13-12(5-6-14)10-16-8-7-15-9-11(2)3/h11-14H,4-10H2,1-3H3. The molecule has 16 heavy (non-hydrogen) atoms. The summed E-state index contributed by atoms with van der Waals surface area (Å²) in [7, 11) is 0. The Kier molecular flexibility index (Phi) is 11.2. The van der Waals surface area contributed by atoms with Gasteiger partial charge in [0.15, 0.2) is 0 Å². The molecule has 0 aliphatic rings. The zero-order valence-corrected chi connectivity index (χ0v) is 10.9. The molecule has 0 saturated carbocycles. The van der Waals surface area contributed by atoms with Gasteiger partial charge in [0.2, 0.25) is 0 Å². The van der Waals surface area contributed by atoms with Gasteiger partial charge in [-0.05, 0) is 18.9 Å². The average Bonchev–Trinajstić information content (AvgIpc) is 2.23. The molecule has 1 unspecified atom stereocenters. The number of aliphatic hydroxyl groups excluding tert-OH is 1. The van der Waals surface area contributed by atoms with Crippen LogP contribution in [0.25, 0.3) is 0 Å². The van der Waals surface area contributed by atoms with Gasteiger partial charge in [-0.25, -0.2) is 0 Å². The van der Waals surface area contributed by atoms with E-state index < -0.39 is 0 Å². The van der Waals surface area contributed by atoms with Gasteiger partial charge in [0.1, 0.15) is 0 Å². The Morgan fingerprint density at radius 3 is 2.25 bits per heavy atom. The lowest BCUT2D eigenvalue weighted by atomic mass is 10.2. The minimum absolute atomic E-state index is 0.199. The highest BCUT2D eigenvalue weighted by molar-refractivity contribution is 4.64. The minimum Gasteiger partial charge on any atom is -0.396 e. The van der Waals surface area contributed by atoms with E-state index in [9.17, 15) is 0 Å². The maximum atomic E-state index is 8.84. The molecular weight excluding hydrogens is 206 g/mol. The third kappa shape index (κ3) is 10.4. The van der Waals surface area contributed by atoms with Gasteiger partial charge < -0.3 is 19.9 Å². The molecule has 0 rings (SSSR count). The zero-order chi connectivity index (χ0) is 12.2. The molecule has 0 fully saturated rings. The molecule has 1 atom stereocenters. The van der Waals surface area contributed by atoms with Crippen LogP contribution in [0.2, 0.25) is 0 Å². The van der Waals surface area contributed by atoms with Crippen molar-refractivity contribution in [2.24, 2.45) is 5.92 Å². The first-order valence-electron chi connectivity index (χ1n) is 6.20. The Morgan fingerprint density at radius 2 is 1.75 bits per heavy atom. The van der Waals surface area contributed by atoms with Crippen LogP contribution in [-0.4, -0.2) is 50.7 Å². The van der Waals surface area contributed by atoms with Crippen LogP contribution in [0.4, 0.5) is 0 Å². The number of hydrogen-bond donors (Lipinski definition) is 2. The Labute approximate surface area is 99.3 Å². The van der Waals surface area contributed by atoms with E-state index in [1.165, 1.54) is 0 Å². The minimum atomic E-state index is 0.199. The molecule has 98 valence electrons. The van der Waals surface area contributed by atoms with E-state index in [0.717, 1.165) is 19.6 Å². The third-order valence-corrected chi connectivity index (χ3v) is 2.11. The van der Waals surface area contributed by atoms with Crippen molar-refractivity contribution in [1.29, 1.82) is 0 Å². The molecule has 0 bridgehead atoms. The van der Waals surface area contributed by atoms with Gasteiger partial charge in [-0.3, -0.25) is 0 Å². The van der Waals surface area contributed by atoms with E-state index in [1.54, 1.807) is 0 Å². The van der Waals surface area contributed by atoms with Crippen molar-refractivity contribution in [1.82, 2.24) is 5.32 Å². The number of likely N-dealkylation sites (N-methyl/N-ethyl adjacent to an activating group) is 1. The van der Waals surface area contributed by atoms with Crippen molar-refractivity contribution in [2.45, 2.75) is 33.2 Å². The summed E-state index contributed by atoms with van der Waals surface area (Å²) in [5.74, 6) is 0.573. The summed E-state index contributed by atoms with van der Waals surface area (Å²) in [6.45, 7) is 10.1. The molecule has 0 spiro atoms. The first kappa shape index (κ1) is 15.8. The molecule has 0 aromatic heterocycles. The molecule has 2 N–H and O–H groups in total. The highest BCUT2D eigenvalue weighted by Crippen LogP contribution is 1.94. The van der Waals surface area contributed by atoms with E-state index in [-0.39, 0.29) is 12.6 Å². The van der Waals surface area contributed by atoms with E-state index in [4.69, 9.17) is 14.6 Å². The van der Waals surface area contributed by atoms with Crippen LogP contribution < -0.4 is 5.32 Å².